The molecule has 0 bridgehead atoms. The highest BCUT2D eigenvalue weighted by molar-refractivity contribution is 9.10. The number of aromatic nitrogens is 2. The number of carbonyl (C=O) groups is 1. The molecule has 0 aliphatic heterocycles. The number of aryl methyl sites for hydroxylation is 1. The van der Waals surface area contributed by atoms with E-state index in [-0.39, 0.29) is 11.8 Å². The van der Waals surface area contributed by atoms with Gasteiger partial charge in [0.15, 0.2) is 0 Å². The van der Waals surface area contributed by atoms with Crippen LogP contribution in [0.15, 0.2) is 15.7 Å². The van der Waals surface area contributed by atoms with Crippen molar-refractivity contribution in [2.45, 2.75) is 46.6 Å². The highest BCUT2D eigenvalue weighted by Gasteiger charge is 2.21. The first-order chi connectivity index (χ1) is 9.93. The SMILES string of the molecule is Cc1nn(CC(C)C(=O)NC2=C(C#N)CCC2)c(C)c1Br. The highest BCUT2D eigenvalue weighted by atomic mass is 79.9. The Labute approximate surface area is 133 Å². The van der Waals surface area contributed by atoms with Crippen molar-refractivity contribution in [1.82, 2.24) is 15.1 Å². The highest BCUT2D eigenvalue weighted by Crippen LogP contribution is 2.24. The molecular formula is C15H19BrN4O. The van der Waals surface area contributed by atoms with E-state index < -0.39 is 0 Å². The van der Waals surface area contributed by atoms with E-state index in [1.54, 1.807) is 0 Å². The van der Waals surface area contributed by atoms with Crippen molar-refractivity contribution in [3.05, 3.63) is 27.1 Å². The minimum absolute atomic E-state index is 0.0525. The normalized spacial score (nSPS) is 16.0. The number of allylic oxidation sites excluding steroid dienone is 2. The second-order valence-electron chi connectivity index (χ2n) is 5.48. The zero-order valence-corrected chi connectivity index (χ0v) is 14.1. The van der Waals surface area contributed by atoms with Crippen LogP contribution in [0.1, 0.15) is 37.6 Å². The Bertz CT molecular complexity index is 639. The van der Waals surface area contributed by atoms with Crippen LogP contribution in [-0.4, -0.2) is 15.7 Å². The van der Waals surface area contributed by atoms with Gasteiger partial charge in [-0.05, 0) is 49.0 Å². The smallest absolute Gasteiger partial charge is 0.228 e. The first-order valence-electron chi connectivity index (χ1n) is 7.06. The van der Waals surface area contributed by atoms with Crippen molar-refractivity contribution < 1.29 is 4.79 Å². The summed E-state index contributed by atoms with van der Waals surface area (Å²) in [4.78, 5) is 12.3. The average Bonchev–Trinajstić information content (AvgIpc) is 2.99. The lowest BCUT2D eigenvalue weighted by Gasteiger charge is -2.14. The Hall–Kier alpha value is -1.61. The minimum Gasteiger partial charge on any atom is -0.328 e. The molecule has 0 fully saturated rings. The fourth-order valence-electron chi connectivity index (χ4n) is 2.47. The lowest BCUT2D eigenvalue weighted by molar-refractivity contribution is -0.124. The monoisotopic (exact) mass is 350 g/mol. The van der Waals surface area contributed by atoms with Gasteiger partial charge in [-0.25, -0.2) is 0 Å². The largest absolute Gasteiger partial charge is 0.328 e. The van der Waals surface area contributed by atoms with Crippen molar-refractivity contribution >= 4 is 21.8 Å². The number of hydrogen-bond donors (Lipinski definition) is 1. The van der Waals surface area contributed by atoms with E-state index >= 15 is 0 Å². The first-order valence-corrected chi connectivity index (χ1v) is 7.85. The van der Waals surface area contributed by atoms with Crippen LogP contribution in [0.25, 0.3) is 0 Å². The van der Waals surface area contributed by atoms with E-state index in [1.165, 1.54) is 0 Å². The minimum atomic E-state index is -0.206. The van der Waals surface area contributed by atoms with Gasteiger partial charge in [-0.1, -0.05) is 6.92 Å². The van der Waals surface area contributed by atoms with Crippen LogP contribution >= 0.6 is 15.9 Å². The van der Waals surface area contributed by atoms with E-state index in [0.717, 1.165) is 40.8 Å². The summed E-state index contributed by atoms with van der Waals surface area (Å²) in [7, 11) is 0. The zero-order chi connectivity index (χ0) is 15.6. The first kappa shape index (κ1) is 15.8. The Morgan fingerprint density at radius 3 is 2.81 bits per heavy atom. The molecule has 1 unspecified atom stereocenters. The molecule has 1 heterocycles. The summed E-state index contributed by atoms with van der Waals surface area (Å²) >= 11 is 3.49. The van der Waals surface area contributed by atoms with Crippen molar-refractivity contribution in [2.24, 2.45) is 5.92 Å². The van der Waals surface area contributed by atoms with Crippen LogP contribution in [0.5, 0.6) is 0 Å². The summed E-state index contributed by atoms with van der Waals surface area (Å²) in [6, 6.07) is 2.17. The molecule has 1 aromatic heterocycles. The number of carbonyl (C=O) groups excluding carboxylic acids is 1. The van der Waals surface area contributed by atoms with Crippen molar-refractivity contribution in [2.75, 3.05) is 0 Å². The third-order valence-electron chi connectivity index (χ3n) is 3.81. The molecule has 1 aromatic rings. The standard InChI is InChI=1S/C15H19BrN4O/c1-9(8-20-11(3)14(16)10(2)19-20)15(21)18-13-6-4-5-12(13)7-17/h9H,4-6,8H2,1-3H3,(H,18,21). The summed E-state index contributed by atoms with van der Waals surface area (Å²) in [6.45, 7) is 6.31. The van der Waals surface area contributed by atoms with Gasteiger partial charge in [-0.3, -0.25) is 9.48 Å². The molecule has 6 heteroatoms. The maximum Gasteiger partial charge on any atom is 0.228 e. The van der Waals surface area contributed by atoms with Crippen LogP contribution < -0.4 is 5.32 Å². The Kier molecular flexibility index (Phi) is 4.84. The van der Waals surface area contributed by atoms with Crippen LogP contribution in [0.2, 0.25) is 0 Å². The lowest BCUT2D eigenvalue weighted by Crippen LogP contribution is -2.31. The number of rotatable bonds is 4. The predicted octanol–water partition coefficient (Wildman–Crippen LogP) is 2.98. The van der Waals surface area contributed by atoms with E-state index in [2.05, 4.69) is 32.4 Å². The average molecular weight is 351 g/mol. The molecule has 0 saturated carbocycles. The molecule has 0 saturated heterocycles. The van der Waals surface area contributed by atoms with Gasteiger partial charge in [0.2, 0.25) is 5.91 Å². The second-order valence-corrected chi connectivity index (χ2v) is 6.27. The molecule has 1 N–H and O–H groups in total. The number of nitriles is 1. The van der Waals surface area contributed by atoms with Crippen LogP contribution in [0.4, 0.5) is 0 Å². The van der Waals surface area contributed by atoms with Gasteiger partial charge in [0.05, 0.1) is 28.7 Å². The molecule has 0 aromatic carbocycles. The zero-order valence-electron chi connectivity index (χ0n) is 12.5. The molecule has 1 amide bonds. The quantitative estimate of drug-likeness (QED) is 0.907. The van der Waals surface area contributed by atoms with Crippen LogP contribution in [0, 0.1) is 31.1 Å². The van der Waals surface area contributed by atoms with Gasteiger partial charge >= 0.3 is 0 Å². The summed E-state index contributed by atoms with van der Waals surface area (Å²) in [5.41, 5.74) is 3.45. The number of nitrogens with one attached hydrogen (secondary N) is 1. The Morgan fingerprint density at radius 2 is 2.24 bits per heavy atom. The van der Waals surface area contributed by atoms with E-state index in [4.69, 9.17) is 5.26 Å². The van der Waals surface area contributed by atoms with Gasteiger partial charge in [-0.2, -0.15) is 10.4 Å². The molecular weight excluding hydrogens is 332 g/mol. The molecule has 112 valence electrons. The molecule has 0 radical (unpaired) electrons. The Balaban J connectivity index is 2.03. The van der Waals surface area contributed by atoms with Crippen molar-refractivity contribution in [1.29, 1.82) is 5.26 Å². The summed E-state index contributed by atoms with van der Waals surface area (Å²) in [6.07, 6.45) is 2.50. The third-order valence-corrected chi connectivity index (χ3v) is 4.96. The van der Waals surface area contributed by atoms with E-state index in [9.17, 15) is 4.79 Å². The second kappa shape index (κ2) is 6.44. The van der Waals surface area contributed by atoms with Crippen LogP contribution in [0.3, 0.4) is 0 Å². The molecule has 5 nitrogen and oxygen atoms in total. The molecule has 1 atom stereocenters. The summed E-state index contributed by atoms with van der Waals surface area (Å²) in [5, 5.41) is 16.3. The van der Waals surface area contributed by atoms with Gasteiger partial charge in [0.1, 0.15) is 0 Å². The Morgan fingerprint density at radius 1 is 1.52 bits per heavy atom. The van der Waals surface area contributed by atoms with E-state index in [1.807, 2.05) is 25.5 Å². The lowest BCUT2D eigenvalue weighted by atomic mass is 10.1. The maximum atomic E-state index is 12.3. The fourth-order valence-corrected chi connectivity index (χ4v) is 2.76. The third kappa shape index (κ3) is 3.35. The number of amides is 1. The van der Waals surface area contributed by atoms with Gasteiger partial charge in [-0.15, -0.1) is 0 Å². The maximum absolute atomic E-state index is 12.3. The fraction of sp³-hybridized carbons (Fsp3) is 0.533. The van der Waals surface area contributed by atoms with Crippen molar-refractivity contribution in [3.8, 4) is 6.07 Å². The molecule has 1 aliphatic carbocycles. The van der Waals surface area contributed by atoms with Gasteiger partial charge in [0.25, 0.3) is 0 Å². The number of halogens is 1. The van der Waals surface area contributed by atoms with Crippen molar-refractivity contribution in [3.63, 3.8) is 0 Å². The molecule has 21 heavy (non-hydrogen) atoms. The van der Waals surface area contributed by atoms with Gasteiger partial charge < -0.3 is 5.32 Å². The number of nitrogens with zero attached hydrogens (tertiary/aromatic N) is 3. The number of hydrogen-bond acceptors (Lipinski definition) is 3. The topological polar surface area (TPSA) is 70.7 Å². The van der Waals surface area contributed by atoms with E-state index in [0.29, 0.717) is 12.1 Å². The molecule has 2 rings (SSSR count). The van der Waals surface area contributed by atoms with Crippen LogP contribution in [-0.2, 0) is 11.3 Å². The predicted molar refractivity (Wildman–Crippen MR) is 83.2 cm³/mol. The summed E-state index contributed by atoms with van der Waals surface area (Å²) < 4.78 is 2.83. The summed E-state index contributed by atoms with van der Waals surface area (Å²) in [5.74, 6) is -0.258. The molecule has 0 spiro atoms. The van der Waals surface area contributed by atoms with Gasteiger partial charge in [0, 0.05) is 17.0 Å². The molecule has 1 aliphatic rings.